The molecule has 0 fully saturated rings. The molecular formula is C20H18F3N5O3. The normalized spacial score (nSPS) is 12.1. The van der Waals surface area contributed by atoms with E-state index in [4.69, 9.17) is 4.74 Å². The Morgan fingerprint density at radius 3 is 2.32 bits per heavy atom. The van der Waals surface area contributed by atoms with E-state index in [1.54, 1.807) is 19.1 Å². The Bertz CT molecular complexity index is 1040. The van der Waals surface area contributed by atoms with Crippen LogP contribution in [0, 0.1) is 0 Å². The molecule has 0 saturated heterocycles. The summed E-state index contributed by atoms with van der Waals surface area (Å²) < 4.78 is 45.3. The fourth-order valence-electron chi connectivity index (χ4n) is 2.59. The lowest BCUT2D eigenvalue weighted by atomic mass is 10.2. The zero-order valence-electron chi connectivity index (χ0n) is 16.3. The van der Waals surface area contributed by atoms with Gasteiger partial charge in [0.1, 0.15) is 24.4 Å². The van der Waals surface area contributed by atoms with Crippen LogP contribution in [0.4, 0.5) is 24.5 Å². The Balaban J connectivity index is 1.53. The molecule has 1 aromatic heterocycles. The monoisotopic (exact) mass is 433 g/mol. The Hall–Kier alpha value is -3.89. The van der Waals surface area contributed by atoms with Crippen molar-refractivity contribution in [2.24, 2.45) is 0 Å². The van der Waals surface area contributed by atoms with Crippen LogP contribution in [0.2, 0.25) is 0 Å². The predicted molar refractivity (Wildman–Crippen MR) is 105 cm³/mol. The van der Waals surface area contributed by atoms with Crippen molar-refractivity contribution in [3.63, 3.8) is 0 Å². The van der Waals surface area contributed by atoms with E-state index >= 15 is 0 Å². The summed E-state index contributed by atoms with van der Waals surface area (Å²) in [5, 5.41) is 9.13. The Morgan fingerprint density at radius 2 is 1.71 bits per heavy atom. The first-order valence-electron chi connectivity index (χ1n) is 9.08. The van der Waals surface area contributed by atoms with E-state index in [1.165, 1.54) is 41.6 Å². The van der Waals surface area contributed by atoms with Crippen LogP contribution < -0.4 is 15.4 Å². The van der Waals surface area contributed by atoms with Crippen LogP contribution in [0.5, 0.6) is 5.75 Å². The molecule has 0 aliphatic rings. The van der Waals surface area contributed by atoms with Crippen molar-refractivity contribution in [3.8, 4) is 5.75 Å². The first kappa shape index (κ1) is 21.8. The second kappa shape index (κ2) is 9.28. The summed E-state index contributed by atoms with van der Waals surface area (Å²) in [5.41, 5.74) is -0.0756. The van der Waals surface area contributed by atoms with Crippen LogP contribution in [0.15, 0.2) is 61.2 Å². The maximum absolute atomic E-state index is 13.0. The lowest BCUT2D eigenvalue weighted by Gasteiger charge is -2.14. The number of nitrogens with zero attached hydrogens (tertiary/aromatic N) is 3. The molecule has 3 aromatic rings. The van der Waals surface area contributed by atoms with Crippen LogP contribution in [0.25, 0.3) is 0 Å². The quantitative estimate of drug-likeness (QED) is 0.594. The van der Waals surface area contributed by atoms with Crippen molar-refractivity contribution in [1.82, 2.24) is 14.8 Å². The fraction of sp³-hybridized carbons (Fsp3) is 0.200. The van der Waals surface area contributed by atoms with E-state index in [9.17, 15) is 22.8 Å². The number of alkyl halides is 3. The minimum atomic E-state index is -4.58. The largest absolute Gasteiger partial charge is 0.483 e. The van der Waals surface area contributed by atoms with Gasteiger partial charge in [0.05, 0.1) is 5.56 Å². The van der Waals surface area contributed by atoms with Crippen molar-refractivity contribution in [2.75, 3.05) is 17.2 Å². The highest BCUT2D eigenvalue weighted by Gasteiger charge is 2.34. The molecule has 11 heteroatoms. The molecule has 162 valence electrons. The van der Waals surface area contributed by atoms with Gasteiger partial charge >= 0.3 is 6.18 Å². The molecular weight excluding hydrogens is 415 g/mol. The highest BCUT2D eigenvalue weighted by atomic mass is 19.4. The van der Waals surface area contributed by atoms with Crippen LogP contribution in [0.1, 0.15) is 18.5 Å². The van der Waals surface area contributed by atoms with Gasteiger partial charge in [0.2, 0.25) is 5.91 Å². The first-order chi connectivity index (χ1) is 14.7. The molecule has 0 radical (unpaired) electrons. The fourth-order valence-corrected chi connectivity index (χ4v) is 2.59. The van der Waals surface area contributed by atoms with Crippen molar-refractivity contribution in [1.29, 1.82) is 0 Å². The van der Waals surface area contributed by atoms with Gasteiger partial charge in [-0.2, -0.15) is 18.3 Å². The summed E-state index contributed by atoms with van der Waals surface area (Å²) in [6.45, 7) is 1.07. The lowest BCUT2D eigenvalue weighted by molar-refractivity contribution is -0.139. The number of ether oxygens (including phenoxy) is 1. The molecule has 1 unspecified atom stereocenters. The molecule has 2 aromatic carbocycles. The molecule has 8 nitrogen and oxygen atoms in total. The topological polar surface area (TPSA) is 98.1 Å². The average molecular weight is 433 g/mol. The van der Waals surface area contributed by atoms with E-state index in [0.29, 0.717) is 11.4 Å². The number of halogens is 3. The number of anilines is 2. The summed E-state index contributed by atoms with van der Waals surface area (Å²) in [7, 11) is 0. The lowest BCUT2D eigenvalue weighted by Crippen LogP contribution is -2.24. The zero-order chi connectivity index (χ0) is 22.4. The van der Waals surface area contributed by atoms with Gasteiger partial charge in [0.25, 0.3) is 5.91 Å². The number of rotatable bonds is 7. The third kappa shape index (κ3) is 5.81. The number of hydrogen-bond acceptors (Lipinski definition) is 5. The van der Waals surface area contributed by atoms with Gasteiger partial charge in [-0.15, -0.1) is 0 Å². The summed E-state index contributed by atoms with van der Waals surface area (Å²) >= 11 is 0. The average Bonchev–Trinajstić information content (AvgIpc) is 3.27. The standard InChI is InChI=1S/C20H18F3N5O3/c1-13(28-12-24-11-25-28)19(30)27-15-8-6-14(7-9-15)26-18(29)10-31-17-5-3-2-4-16(17)20(21,22)23/h2-9,11-13H,10H2,1H3,(H,26,29)(H,27,30). The van der Waals surface area contributed by atoms with Gasteiger partial charge in [-0.3, -0.25) is 9.59 Å². The molecule has 3 rings (SSSR count). The van der Waals surface area contributed by atoms with Crippen molar-refractivity contribution >= 4 is 23.2 Å². The molecule has 2 amide bonds. The van der Waals surface area contributed by atoms with Gasteiger partial charge in [0.15, 0.2) is 6.61 Å². The molecule has 0 aliphatic carbocycles. The molecule has 0 saturated carbocycles. The smallest absolute Gasteiger partial charge is 0.419 e. The number of hydrogen-bond donors (Lipinski definition) is 2. The molecule has 0 spiro atoms. The molecule has 1 heterocycles. The summed E-state index contributed by atoms with van der Waals surface area (Å²) in [6.07, 6.45) is -1.83. The summed E-state index contributed by atoms with van der Waals surface area (Å²) in [6, 6.07) is 10.3. The third-order valence-corrected chi connectivity index (χ3v) is 4.20. The van der Waals surface area contributed by atoms with E-state index in [-0.39, 0.29) is 5.91 Å². The minimum Gasteiger partial charge on any atom is -0.483 e. The molecule has 0 bridgehead atoms. The number of amides is 2. The highest BCUT2D eigenvalue weighted by Crippen LogP contribution is 2.35. The van der Waals surface area contributed by atoms with Crippen LogP contribution >= 0.6 is 0 Å². The Kier molecular flexibility index (Phi) is 6.53. The Labute approximate surface area is 175 Å². The van der Waals surface area contributed by atoms with Crippen LogP contribution in [-0.2, 0) is 15.8 Å². The molecule has 31 heavy (non-hydrogen) atoms. The van der Waals surface area contributed by atoms with Crippen LogP contribution in [-0.4, -0.2) is 33.2 Å². The minimum absolute atomic E-state index is 0.306. The van der Waals surface area contributed by atoms with E-state index in [1.807, 2.05) is 0 Å². The summed E-state index contributed by atoms with van der Waals surface area (Å²) in [4.78, 5) is 28.0. The van der Waals surface area contributed by atoms with E-state index < -0.39 is 36.0 Å². The van der Waals surface area contributed by atoms with Gasteiger partial charge in [-0.25, -0.2) is 9.67 Å². The number of aromatic nitrogens is 3. The maximum atomic E-state index is 13.0. The van der Waals surface area contributed by atoms with Gasteiger partial charge in [-0.1, -0.05) is 12.1 Å². The SMILES string of the molecule is CC(C(=O)Nc1ccc(NC(=O)COc2ccccc2C(F)(F)F)cc1)n1cncn1. The Morgan fingerprint density at radius 1 is 1.06 bits per heavy atom. The van der Waals surface area contributed by atoms with Crippen LogP contribution in [0.3, 0.4) is 0 Å². The van der Waals surface area contributed by atoms with Gasteiger partial charge in [-0.05, 0) is 43.3 Å². The third-order valence-electron chi connectivity index (χ3n) is 4.20. The predicted octanol–water partition coefficient (Wildman–Crippen LogP) is 3.51. The van der Waals surface area contributed by atoms with Crippen molar-refractivity contribution < 1.29 is 27.5 Å². The molecule has 0 aliphatic heterocycles. The number of carbonyl (C=O) groups excluding carboxylic acids is 2. The first-order valence-corrected chi connectivity index (χ1v) is 9.08. The highest BCUT2D eigenvalue weighted by molar-refractivity contribution is 5.94. The number of para-hydroxylation sites is 1. The van der Waals surface area contributed by atoms with Crippen molar-refractivity contribution in [2.45, 2.75) is 19.1 Å². The number of nitrogens with one attached hydrogen (secondary N) is 2. The van der Waals surface area contributed by atoms with Gasteiger partial charge < -0.3 is 15.4 Å². The second-order valence-corrected chi connectivity index (χ2v) is 6.45. The maximum Gasteiger partial charge on any atom is 0.419 e. The van der Waals surface area contributed by atoms with E-state index in [2.05, 4.69) is 20.7 Å². The molecule has 2 N–H and O–H groups in total. The zero-order valence-corrected chi connectivity index (χ0v) is 16.3. The molecule has 1 atom stereocenters. The van der Waals surface area contributed by atoms with Gasteiger partial charge in [0, 0.05) is 11.4 Å². The van der Waals surface area contributed by atoms with E-state index in [0.717, 1.165) is 12.1 Å². The second-order valence-electron chi connectivity index (χ2n) is 6.45. The van der Waals surface area contributed by atoms with Crippen molar-refractivity contribution in [3.05, 3.63) is 66.7 Å². The summed E-state index contributed by atoms with van der Waals surface area (Å²) in [5.74, 6) is -1.36. The number of carbonyl (C=O) groups is 2. The number of benzene rings is 2.